The van der Waals surface area contributed by atoms with Crippen molar-refractivity contribution in [3.63, 3.8) is 0 Å². The highest BCUT2D eigenvalue weighted by atomic mass is 16.7. The van der Waals surface area contributed by atoms with Crippen LogP contribution in [0.2, 0.25) is 0 Å². The van der Waals surface area contributed by atoms with E-state index in [-0.39, 0.29) is 12.8 Å². The maximum absolute atomic E-state index is 11.7. The Hall–Kier alpha value is -1.26. The highest BCUT2D eigenvalue weighted by Crippen LogP contribution is 2.23. The molecule has 5 unspecified atom stereocenters. The number of hydrogen-bond donors (Lipinski definition) is 4. The minimum Gasteiger partial charge on any atom is -0.481 e. The Kier molecular flexibility index (Phi) is 7.36. The third kappa shape index (κ3) is 6.04. The molecule has 0 amide bonds. The Bertz CT molecular complexity index is 413. The van der Waals surface area contributed by atoms with Gasteiger partial charge in [0.25, 0.3) is 0 Å². The first-order valence-electron chi connectivity index (χ1n) is 7.38. The molecule has 9 nitrogen and oxygen atoms in total. The molecule has 1 saturated heterocycles. The first-order valence-corrected chi connectivity index (χ1v) is 7.38. The smallest absolute Gasteiger partial charge is 0.308 e. The molecule has 1 aliphatic rings. The molecule has 23 heavy (non-hydrogen) atoms. The highest BCUT2D eigenvalue weighted by Gasteiger charge is 2.43. The molecule has 0 saturated carbocycles. The SMILES string of the molecule is CC(CC(=O)O)OC(=O)CC(C)O[C@@H]1OC(C)[C@H](O)C(O)C1O. The zero-order valence-corrected chi connectivity index (χ0v) is 13.3. The number of carboxylic acid groups (broad SMARTS) is 1. The molecule has 0 spiro atoms. The Labute approximate surface area is 133 Å². The summed E-state index contributed by atoms with van der Waals surface area (Å²) in [5, 5.41) is 37.7. The van der Waals surface area contributed by atoms with Crippen LogP contribution in [0.1, 0.15) is 33.6 Å². The molecule has 0 aromatic carbocycles. The van der Waals surface area contributed by atoms with E-state index >= 15 is 0 Å². The molecule has 134 valence electrons. The van der Waals surface area contributed by atoms with Crippen LogP contribution in [0.3, 0.4) is 0 Å². The Balaban J connectivity index is 2.45. The maximum Gasteiger partial charge on any atom is 0.308 e. The molecule has 1 rings (SSSR count). The summed E-state index contributed by atoms with van der Waals surface area (Å²) < 4.78 is 15.5. The van der Waals surface area contributed by atoms with E-state index in [4.69, 9.17) is 19.3 Å². The molecule has 0 radical (unpaired) electrons. The van der Waals surface area contributed by atoms with Gasteiger partial charge >= 0.3 is 11.9 Å². The van der Waals surface area contributed by atoms with E-state index in [0.717, 1.165) is 0 Å². The first-order chi connectivity index (χ1) is 10.6. The predicted molar refractivity (Wildman–Crippen MR) is 75.3 cm³/mol. The van der Waals surface area contributed by atoms with E-state index in [2.05, 4.69) is 0 Å². The number of carboxylic acids is 1. The molecule has 0 aromatic heterocycles. The molecule has 0 bridgehead atoms. The summed E-state index contributed by atoms with van der Waals surface area (Å²) in [5.41, 5.74) is 0. The quantitative estimate of drug-likeness (QED) is 0.431. The van der Waals surface area contributed by atoms with Crippen LogP contribution in [0.25, 0.3) is 0 Å². The largest absolute Gasteiger partial charge is 0.481 e. The van der Waals surface area contributed by atoms with E-state index in [1.54, 1.807) is 6.92 Å². The fraction of sp³-hybridized carbons (Fsp3) is 0.857. The van der Waals surface area contributed by atoms with Crippen LogP contribution in [-0.4, -0.2) is 75.3 Å². The van der Waals surface area contributed by atoms with Gasteiger partial charge in [-0.3, -0.25) is 9.59 Å². The molecule has 1 heterocycles. The van der Waals surface area contributed by atoms with Gasteiger partial charge in [-0.1, -0.05) is 0 Å². The van der Waals surface area contributed by atoms with Crippen LogP contribution in [0.4, 0.5) is 0 Å². The lowest BCUT2D eigenvalue weighted by Gasteiger charge is -2.39. The standard InChI is InChI=1S/C14H24O9/c1-6(4-9(15)16)21-10(17)5-7(2)22-14-13(20)12(19)11(18)8(3)23-14/h6-8,11-14,18-20H,4-5H2,1-3H3,(H,15,16)/t6?,7?,8?,11-,12?,13?,14+/m0/s1. The summed E-state index contributed by atoms with van der Waals surface area (Å²) >= 11 is 0. The average Bonchev–Trinajstić information content (AvgIpc) is 2.41. The highest BCUT2D eigenvalue weighted by molar-refractivity contribution is 5.71. The minimum atomic E-state index is -1.45. The summed E-state index contributed by atoms with van der Waals surface area (Å²) in [6.45, 7) is 4.52. The van der Waals surface area contributed by atoms with Gasteiger partial charge < -0.3 is 34.6 Å². The fourth-order valence-electron chi connectivity index (χ4n) is 2.20. The van der Waals surface area contributed by atoms with Crippen molar-refractivity contribution >= 4 is 11.9 Å². The van der Waals surface area contributed by atoms with Crippen molar-refractivity contribution in [1.82, 2.24) is 0 Å². The topological polar surface area (TPSA) is 143 Å². The zero-order valence-electron chi connectivity index (χ0n) is 13.3. The lowest BCUT2D eigenvalue weighted by atomic mass is 10.00. The molecular weight excluding hydrogens is 312 g/mol. The van der Waals surface area contributed by atoms with Gasteiger partial charge in [-0.05, 0) is 20.8 Å². The van der Waals surface area contributed by atoms with E-state index < -0.39 is 54.9 Å². The number of aliphatic hydroxyl groups is 3. The summed E-state index contributed by atoms with van der Waals surface area (Å²) in [4.78, 5) is 22.2. The van der Waals surface area contributed by atoms with Crippen LogP contribution in [-0.2, 0) is 23.8 Å². The van der Waals surface area contributed by atoms with Gasteiger partial charge in [0, 0.05) is 0 Å². The Morgan fingerprint density at radius 2 is 1.65 bits per heavy atom. The molecular formula is C14H24O9. The lowest BCUT2D eigenvalue weighted by molar-refractivity contribution is -0.302. The molecule has 1 fully saturated rings. The Morgan fingerprint density at radius 1 is 1.04 bits per heavy atom. The molecule has 9 heteroatoms. The van der Waals surface area contributed by atoms with Crippen LogP contribution >= 0.6 is 0 Å². The second kappa shape index (κ2) is 8.55. The van der Waals surface area contributed by atoms with Crippen molar-refractivity contribution in [3.05, 3.63) is 0 Å². The van der Waals surface area contributed by atoms with Crippen LogP contribution in [0.5, 0.6) is 0 Å². The average molecular weight is 336 g/mol. The van der Waals surface area contributed by atoms with Crippen molar-refractivity contribution in [3.8, 4) is 0 Å². The van der Waals surface area contributed by atoms with Crippen molar-refractivity contribution in [2.75, 3.05) is 0 Å². The van der Waals surface area contributed by atoms with E-state index in [0.29, 0.717) is 0 Å². The lowest BCUT2D eigenvalue weighted by Crippen LogP contribution is -2.57. The van der Waals surface area contributed by atoms with E-state index in [9.17, 15) is 24.9 Å². The predicted octanol–water partition coefficient (Wildman–Crippen LogP) is -0.984. The number of ether oxygens (including phenoxy) is 3. The van der Waals surface area contributed by atoms with Crippen molar-refractivity contribution in [1.29, 1.82) is 0 Å². The number of esters is 1. The van der Waals surface area contributed by atoms with Crippen molar-refractivity contribution in [2.24, 2.45) is 0 Å². The van der Waals surface area contributed by atoms with Crippen molar-refractivity contribution < 1.29 is 44.2 Å². The number of hydrogen-bond acceptors (Lipinski definition) is 8. The van der Waals surface area contributed by atoms with E-state index in [1.165, 1.54) is 13.8 Å². The molecule has 4 N–H and O–H groups in total. The maximum atomic E-state index is 11.7. The van der Waals surface area contributed by atoms with Gasteiger partial charge in [0.1, 0.15) is 24.4 Å². The minimum absolute atomic E-state index is 0.177. The van der Waals surface area contributed by atoms with Gasteiger partial charge in [-0.2, -0.15) is 0 Å². The van der Waals surface area contributed by atoms with Crippen molar-refractivity contribution in [2.45, 2.75) is 76.5 Å². The molecule has 1 aliphatic heterocycles. The summed E-state index contributed by atoms with van der Waals surface area (Å²) in [5.74, 6) is -1.72. The number of aliphatic hydroxyl groups excluding tert-OH is 3. The Morgan fingerprint density at radius 3 is 2.22 bits per heavy atom. The monoisotopic (exact) mass is 336 g/mol. The molecule has 0 aromatic rings. The number of aliphatic carboxylic acids is 1. The fourth-order valence-corrected chi connectivity index (χ4v) is 2.20. The first kappa shape index (κ1) is 19.8. The molecule has 7 atom stereocenters. The van der Waals surface area contributed by atoms with Gasteiger partial charge in [0.05, 0.1) is 25.0 Å². The van der Waals surface area contributed by atoms with Crippen LogP contribution < -0.4 is 0 Å². The number of rotatable bonds is 7. The van der Waals surface area contributed by atoms with Crippen LogP contribution in [0.15, 0.2) is 0 Å². The van der Waals surface area contributed by atoms with Gasteiger partial charge in [0.15, 0.2) is 6.29 Å². The zero-order chi connectivity index (χ0) is 17.7. The summed E-state index contributed by atoms with van der Waals surface area (Å²) in [6, 6.07) is 0. The van der Waals surface area contributed by atoms with Gasteiger partial charge in [0.2, 0.25) is 0 Å². The number of carbonyl (C=O) groups is 2. The third-order valence-corrected chi connectivity index (χ3v) is 3.42. The summed E-state index contributed by atoms with van der Waals surface area (Å²) in [6.07, 6.45) is -7.98. The second-order valence-electron chi connectivity index (χ2n) is 5.73. The second-order valence-corrected chi connectivity index (χ2v) is 5.73. The van der Waals surface area contributed by atoms with Crippen LogP contribution in [0, 0.1) is 0 Å². The van der Waals surface area contributed by atoms with Gasteiger partial charge in [-0.15, -0.1) is 0 Å². The normalized spacial score (nSPS) is 33.7. The molecule has 0 aliphatic carbocycles. The van der Waals surface area contributed by atoms with Gasteiger partial charge in [-0.25, -0.2) is 0 Å². The third-order valence-electron chi connectivity index (χ3n) is 3.42. The number of carbonyl (C=O) groups excluding carboxylic acids is 1. The van der Waals surface area contributed by atoms with E-state index in [1.807, 2.05) is 0 Å². The summed E-state index contributed by atoms with van der Waals surface area (Å²) in [7, 11) is 0.